The van der Waals surface area contributed by atoms with E-state index in [2.05, 4.69) is 31.5 Å². The molecule has 0 unspecified atom stereocenters. The molecule has 0 atom stereocenters. The van der Waals surface area contributed by atoms with Crippen molar-refractivity contribution in [2.45, 2.75) is 6.54 Å². The number of rotatable bonds is 5. The lowest BCUT2D eigenvalue weighted by Gasteiger charge is -2.07. The van der Waals surface area contributed by atoms with Crippen molar-refractivity contribution in [3.63, 3.8) is 0 Å². The Labute approximate surface area is 161 Å². The van der Waals surface area contributed by atoms with E-state index >= 15 is 0 Å². The minimum absolute atomic E-state index is 0.129. The Balaban J connectivity index is 1.61. The third-order valence-electron chi connectivity index (χ3n) is 3.53. The van der Waals surface area contributed by atoms with E-state index in [-0.39, 0.29) is 23.1 Å². The van der Waals surface area contributed by atoms with Gasteiger partial charge in [0, 0.05) is 22.8 Å². The Kier molecular flexibility index (Phi) is 5.65. The van der Waals surface area contributed by atoms with Gasteiger partial charge in [-0.3, -0.25) is 14.4 Å². The maximum Gasteiger partial charge on any atom is 0.271 e. The molecular formula is C18H14BrN3O3S. The Bertz CT molecular complexity index is 982. The monoisotopic (exact) mass is 431 g/mol. The number of hydrogen-bond acceptors (Lipinski definition) is 4. The van der Waals surface area contributed by atoms with Gasteiger partial charge in [-0.1, -0.05) is 18.2 Å². The number of H-pyrrole nitrogens is 1. The van der Waals surface area contributed by atoms with Crippen LogP contribution in [0.25, 0.3) is 0 Å². The van der Waals surface area contributed by atoms with Gasteiger partial charge in [0.15, 0.2) is 0 Å². The second-order valence-electron chi connectivity index (χ2n) is 5.37. The Morgan fingerprint density at radius 3 is 2.58 bits per heavy atom. The summed E-state index contributed by atoms with van der Waals surface area (Å²) in [7, 11) is 0. The Hall–Kier alpha value is -2.71. The zero-order chi connectivity index (χ0) is 18.5. The number of aromatic amines is 1. The Morgan fingerprint density at radius 2 is 1.88 bits per heavy atom. The molecule has 132 valence electrons. The predicted octanol–water partition coefficient (Wildman–Crippen LogP) is 3.38. The fourth-order valence-corrected chi connectivity index (χ4v) is 3.18. The number of benzene rings is 1. The number of hydrogen-bond donors (Lipinski definition) is 3. The molecule has 0 aliphatic carbocycles. The average molecular weight is 432 g/mol. The number of pyridine rings is 1. The number of halogens is 1. The first kappa shape index (κ1) is 18.1. The molecular weight excluding hydrogens is 418 g/mol. The molecule has 2 amide bonds. The lowest BCUT2D eigenvalue weighted by molar-refractivity contribution is 0.0953. The number of amides is 2. The highest BCUT2D eigenvalue weighted by Gasteiger charge is 2.10. The van der Waals surface area contributed by atoms with Crippen LogP contribution in [0.5, 0.6) is 0 Å². The topological polar surface area (TPSA) is 91.1 Å². The predicted molar refractivity (Wildman–Crippen MR) is 105 cm³/mol. The van der Waals surface area contributed by atoms with Crippen molar-refractivity contribution in [3.05, 3.63) is 84.9 Å². The van der Waals surface area contributed by atoms with Crippen LogP contribution in [0.4, 0.5) is 5.69 Å². The SMILES string of the molecule is O=C(Nc1cc(Br)c[nH]c1=O)c1ccc(CNC(=O)c2cccs2)cc1. The van der Waals surface area contributed by atoms with Gasteiger partial charge in [0.1, 0.15) is 5.69 Å². The lowest BCUT2D eigenvalue weighted by atomic mass is 10.1. The molecule has 0 radical (unpaired) electrons. The first-order valence-electron chi connectivity index (χ1n) is 7.63. The first-order valence-corrected chi connectivity index (χ1v) is 9.30. The van der Waals surface area contributed by atoms with Crippen molar-refractivity contribution in [1.82, 2.24) is 10.3 Å². The molecule has 26 heavy (non-hydrogen) atoms. The number of nitrogens with one attached hydrogen (secondary N) is 3. The van der Waals surface area contributed by atoms with Gasteiger partial charge < -0.3 is 15.6 Å². The van der Waals surface area contributed by atoms with Gasteiger partial charge in [-0.15, -0.1) is 11.3 Å². The summed E-state index contributed by atoms with van der Waals surface area (Å²) in [6.45, 7) is 0.365. The number of anilines is 1. The van der Waals surface area contributed by atoms with E-state index in [9.17, 15) is 14.4 Å². The average Bonchev–Trinajstić information content (AvgIpc) is 3.18. The van der Waals surface area contributed by atoms with E-state index < -0.39 is 0 Å². The molecule has 0 saturated carbocycles. The quantitative estimate of drug-likeness (QED) is 0.578. The van der Waals surface area contributed by atoms with Crippen molar-refractivity contribution < 1.29 is 9.59 Å². The smallest absolute Gasteiger partial charge is 0.271 e. The molecule has 0 aliphatic heterocycles. The molecule has 0 bridgehead atoms. The van der Waals surface area contributed by atoms with Crippen LogP contribution in [-0.4, -0.2) is 16.8 Å². The molecule has 8 heteroatoms. The normalized spacial score (nSPS) is 10.3. The highest BCUT2D eigenvalue weighted by atomic mass is 79.9. The molecule has 3 N–H and O–H groups in total. The van der Waals surface area contributed by atoms with Crippen molar-refractivity contribution in [1.29, 1.82) is 0 Å². The van der Waals surface area contributed by atoms with Crippen LogP contribution < -0.4 is 16.2 Å². The van der Waals surface area contributed by atoms with Crippen molar-refractivity contribution in [2.75, 3.05) is 5.32 Å². The fourth-order valence-electron chi connectivity index (χ4n) is 2.20. The van der Waals surface area contributed by atoms with E-state index in [0.717, 1.165) is 5.56 Å². The van der Waals surface area contributed by atoms with Crippen LogP contribution in [0.1, 0.15) is 25.6 Å². The molecule has 1 aromatic carbocycles. The third kappa shape index (κ3) is 4.47. The second kappa shape index (κ2) is 8.11. The summed E-state index contributed by atoms with van der Waals surface area (Å²) in [5, 5.41) is 7.24. The van der Waals surface area contributed by atoms with Gasteiger partial charge in [0.2, 0.25) is 0 Å². The van der Waals surface area contributed by atoms with Gasteiger partial charge in [-0.25, -0.2) is 0 Å². The fraction of sp³-hybridized carbons (Fsp3) is 0.0556. The molecule has 2 aromatic heterocycles. The van der Waals surface area contributed by atoms with Gasteiger partial charge in [0.25, 0.3) is 17.4 Å². The number of carbonyl (C=O) groups is 2. The first-order chi connectivity index (χ1) is 12.5. The summed E-state index contributed by atoms with van der Waals surface area (Å²) in [6, 6.07) is 11.9. The highest BCUT2D eigenvalue weighted by Crippen LogP contribution is 2.12. The van der Waals surface area contributed by atoms with Gasteiger partial charge >= 0.3 is 0 Å². The zero-order valence-electron chi connectivity index (χ0n) is 13.4. The highest BCUT2D eigenvalue weighted by molar-refractivity contribution is 9.10. The summed E-state index contributed by atoms with van der Waals surface area (Å²) in [5.41, 5.74) is 1.07. The standard InChI is InChI=1S/C18H14BrN3O3S/c19-13-8-14(17(24)21-10-13)22-16(23)12-5-3-11(4-6-12)9-20-18(25)15-2-1-7-26-15/h1-8,10H,9H2,(H,20,25)(H,21,24)(H,22,23). The minimum atomic E-state index is -0.386. The van der Waals surface area contributed by atoms with Crippen LogP contribution in [0.3, 0.4) is 0 Å². The number of carbonyl (C=O) groups excluding carboxylic acids is 2. The summed E-state index contributed by atoms with van der Waals surface area (Å²) in [6.07, 6.45) is 1.50. The van der Waals surface area contributed by atoms with E-state index in [1.54, 1.807) is 30.3 Å². The molecule has 0 spiro atoms. The second-order valence-corrected chi connectivity index (χ2v) is 7.24. The molecule has 2 heterocycles. The number of thiophene rings is 1. The van der Waals surface area contributed by atoms with Gasteiger partial charge in [-0.05, 0) is 51.1 Å². The molecule has 0 saturated heterocycles. The van der Waals surface area contributed by atoms with Crippen LogP contribution in [-0.2, 0) is 6.54 Å². The van der Waals surface area contributed by atoms with Crippen LogP contribution >= 0.6 is 27.3 Å². The van der Waals surface area contributed by atoms with Crippen molar-refractivity contribution in [2.24, 2.45) is 0 Å². The zero-order valence-corrected chi connectivity index (χ0v) is 15.8. The van der Waals surface area contributed by atoms with E-state index in [1.165, 1.54) is 23.6 Å². The molecule has 0 aliphatic rings. The maximum atomic E-state index is 12.3. The van der Waals surface area contributed by atoms with Crippen LogP contribution in [0.2, 0.25) is 0 Å². The Morgan fingerprint density at radius 1 is 1.12 bits per heavy atom. The molecule has 3 aromatic rings. The molecule has 0 fully saturated rings. The largest absolute Gasteiger partial charge is 0.347 e. The van der Waals surface area contributed by atoms with E-state index in [4.69, 9.17) is 0 Å². The van der Waals surface area contributed by atoms with Crippen molar-refractivity contribution in [3.8, 4) is 0 Å². The van der Waals surface area contributed by atoms with Crippen LogP contribution in [0.15, 0.2) is 63.3 Å². The molecule has 3 rings (SSSR count). The van der Waals surface area contributed by atoms with E-state index in [0.29, 0.717) is 21.5 Å². The summed E-state index contributed by atoms with van der Waals surface area (Å²) in [4.78, 5) is 39.1. The lowest BCUT2D eigenvalue weighted by Crippen LogP contribution is -2.22. The minimum Gasteiger partial charge on any atom is -0.347 e. The number of aromatic nitrogens is 1. The third-order valence-corrected chi connectivity index (χ3v) is 4.86. The summed E-state index contributed by atoms with van der Waals surface area (Å²) in [5.74, 6) is -0.515. The van der Waals surface area contributed by atoms with Crippen LogP contribution in [0, 0.1) is 0 Å². The molecule has 6 nitrogen and oxygen atoms in total. The van der Waals surface area contributed by atoms with Crippen molar-refractivity contribution >= 4 is 44.8 Å². The maximum absolute atomic E-state index is 12.3. The summed E-state index contributed by atoms with van der Waals surface area (Å²) >= 11 is 4.62. The van der Waals surface area contributed by atoms with Gasteiger partial charge in [0.05, 0.1) is 4.88 Å². The van der Waals surface area contributed by atoms with Gasteiger partial charge in [-0.2, -0.15) is 0 Å². The summed E-state index contributed by atoms with van der Waals surface area (Å²) < 4.78 is 0.657. The van der Waals surface area contributed by atoms with E-state index in [1.807, 2.05) is 11.4 Å².